The Balaban J connectivity index is 1.55. The molecule has 1 aromatic carbocycles. The number of aliphatic imine (C=N–C) groups is 1. The molecular formula is C20H21F2N5O3. The highest BCUT2D eigenvalue weighted by Gasteiger charge is 2.35. The van der Waals surface area contributed by atoms with Crippen LogP contribution < -0.4 is 10.6 Å². The fourth-order valence-electron chi connectivity index (χ4n) is 3.80. The molecule has 0 spiro atoms. The Morgan fingerprint density at radius 1 is 1.23 bits per heavy atom. The number of benzene rings is 1. The van der Waals surface area contributed by atoms with Gasteiger partial charge in [0.15, 0.2) is 0 Å². The molecule has 8 nitrogen and oxygen atoms in total. The molecule has 0 radical (unpaired) electrons. The van der Waals surface area contributed by atoms with E-state index >= 15 is 0 Å². The molecule has 4 atom stereocenters. The van der Waals surface area contributed by atoms with Gasteiger partial charge in [0.05, 0.1) is 42.1 Å². The van der Waals surface area contributed by atoms with Crippen molar-refractivity contribution in [3.8, 4) is 0 Å². The minimum atomic E-state index is -0.956. The summed E-state index contributed by atoms with van der Waals surface area (Å²) in [5, 5.41) is 25.6. The van der Waals surface area contributed by atoms with E-state index in [-0.39, 0.29) is 17.8 Å². The summed E-state index contributed by atoms with van der Waals surface area (Å²) < 4.78 is 27.5. The number of aromatic nitrogens is 2. The van der Waals surface area contributed by atoms with Crippen LogP contribution in [-0.2, 0) is 11.3 Å². The Morgan fingerprint density at radius 3 is 2.77 bits per heavy atom. The highest BCUT2D eigenvalue weighted by molar-refractivity contribution is 6.47. The van der Waals surface area contributed by atoms with E-state index in [2.05, 4.69) is 25.6 Å². The predicted molar refractivity (Wildman–Crippen MR) is 104 cm³/mol. The summed E-state index contributed by atoms with van der Waals surface area (Å²) in [5.74, 6) is -1.48. The molecule has 4 N–H and O–H groups in total. The molecule has 4 rings (SSSR count). The van der Waals surface area contributed by atoms with Gasteiger partial charge in [-0.15, -0.1) is 0 Å². The van der Waals surface area contributed by atoms with E-state index in [1.165, 1.54) is 6.33 Å². The van der Waals surface area contributed by atoms with Crippen LogP contribution in [-0.4, -0.2) is 50.0 Å². The van der Waals surface area contributed by atoms with Gasteiger partial charge in [0, 0.05) is 5.56 Å². The first-order valence-electron chi connectivity index (χ1n) is 9.62. The van der Waals surface area contributed by atoms with E-state index in [0.29, 0.717) is 29.9 Å². The summed E-state index contributed by atoms with van der Waals surface area (Å²) in [7, 11) is 0. The monoisotopic (exact) mass is 417 g/mol. The average Bonchev–Trinajstić information content (AvgIpc) is 3.29. The van der Waals surface area contributed by atoms with E-state index in [1.54, 1.807) is 6.92 Å². The highest BCUT2D eigenvalue weighted by atomic mass is 19.1. The van der Waals surface area contributed by atoms with Crippen LogP contribution in [0.15, 0.2) is 29.5 Å². The maximum Gasteiger partial charge on any atom is 0.270 e. The number of carbonyl (C=O) groups excluding carboxylic acids is 1. The van der Waals surface area contributed by atoms with Crippen molar-refractivity contribution >= 4 is 17.4 Å². The van der Waals surface area contributed by atoms with Crippen LogP contribution in [0.2, 0.25) is 0 Å². The average molecular weight is 417 g/mol. The topological polar surface area (TPSA) is 120 Å². The number of amides is 1. The molecule has 10 heteroatoms. The number of nitrogens with one attached hydrogen (secondary N) is 2. The quantitative estimate of drug-likeness (QED) is 0.581. The van der Waals surface area contributed by atoms with Gasteiger partial charge in [-0.05, 0) is 38.0 Å². The first-order valence-corrected chi connectivity index (χ1v) is 9.62. The van der Waals surface area contributed by atoms with Crippen molar-refractivity contribution in [3.63, 3.8) is 0 Å². The molecule has 158 valence electrons. The second kappa shape index (κ2) is 8.04. The molecule has 0 saturated heterocycles. The zero-order chi connectivity index (χ0) is 21.4. The van der Waals surface area contributed by atoms with Crippen molar-refractivity contribution in [2.75, 3.05) is 5.32 Å². The Kier molecular flexibility index (Phi) is 5.44. The molecule has 1 aliphatic carbocycles. The molecule has 2 aliphatic rings. The van der Waals surface area contributed by atoms with E-state index in [0.717, 1.165) is 18.2 Å². The number of halogens is 2. The molecule has 1 saturated carbocycles. The zero-order valence-corrected chi connectivity index (χ0v) is 16.1. The van der Waals surface area contributed by atoms with Gasteiger partial charge < -0.3 is 20.8 Å². The number of nitrogens with zero attached hydrogens (tertiary/aromatic N) is 3. The number of hydrogen-bond donors (Lipinski definition) is 4. The van der Waals surface area contributed by atoms with Crippen LogP contribution in [0.4, 0.5) is 14.6 Å². The van der Waals surface area contributed by atoms with Gasteiger partial charge in [0.2, 0.25) is 0 Å². The Morgan fingerprint density at radius 2 is 2.03 bits per heavy atom. The third-order valence-corrected chi connectivity index (χ3v) is 5.44. The van der Waals surface area contributed by atoms with Crippen molar-refractivity contribution in [1.29, 1.82) is 0 Å². The lowest BCUT2D eigenvalue weighted by Crippen LogP contribution is -2.36. The first-order chi connectivity index (χ1) is 14.3. The predicted octanol–water partition coefficient (Wildman–Crippen LogP) is 1.23. The second-order valence-corrected chi connectivity index (χ2v) is 7.46. The molecule has 1 aliphatic heterocycles. The molecule has 0 bridgehead atoms. The molecule has 1 aromatic heterocycles. The summed E-state index contributed by atoms with van der Waals surface area (Å²) in [5.41, 5.74) is 1.03. The van der Waals surface area contributed by atoms with Crippen molar-refractivity contribution in [2.24, 2.45) is 4.99 Å². The zero-order valence-electron chi connectivity index (χ0n) is 16.1. The van der Waals surface area contributed by atoms with Gasteiger partial charge in [-0.25, -0.2) is 18.7 Å². The van der Waals surface area contributed by atoms with Gasteiger partial charge >= 0.3 is 0 Å². The molecule has 0 unspecified atom stereocenters. The molecule has 30 heavy (non-hydrogen) atoms. The minimum absolute atomic E-state index is 0.0212. The number of hydrogen-bond acceptors (Lipinski definition) is 7. The fourth-order valence-corrected chi connectivity index (χ4v) is 3.80. The second-order valence-electron chi connectivity index (χ2n) is 7.46. The summed E-state index contributed by atoms with van der Waals surface area (Å²) in [4.78, 5) is 25.4. The van der Waals surface area contributed by atoms with Crippen molar-refractivity contribution in [3.05, 3.63) is 53.0 Å². The number of carbonyl (C=O) groups is 1. The van der Waals surface area contributed by atoms with Gasteiger partial charge in [-0.1, -0.05) is 0 Å². The van der Waals surface area contributed by atoms with E-state index in [9.17, 15) is 23.8 Å². The Hall–Kier alpha value is -2.98. The fraction of sp³-hybridized carbons (Fsp3) is 0.400. The van der Waals surface area contributed by atoms with Crippen LogP contribution in [0, 0.1) is 11.6 Å². The van der Waals surface area contributed by atoms with Crippen molar-refractivity contribution < 1.29 is 23.8 Å². The third-order valence-electron chi connectivity index (χ3n) is 5.44. The maximum absolute atomic E-state index is 14.0. The minimum Gasteiger partial charge on any atom is -0.390 e. The largest absolute Gasteiger partial charge is 0.390 e. The van der Waals surface area contributed by atoms with Gasteiger partial charge in [0.1, 0.15) is 29.5 Å². The Labute approximate surface area is 171 Å². The molecule has 1 amide bonds. The number of fused-ring (bicyclic) bond motifs is 1. The third kappa shape index (κ3) is 3.75. The standard InChI is InChI=1S/C20H21F2N5O3/c1-9(11-6-10(21)2-3-12(11)22)26-20(30)17-16-14(7-23-17)24-8-25-19(16)27-13-4-5-15(28)18(13)29/h2-3,6,8-9,13,15,18,28-29H,4-5,7H2,1H3,(H,26,30)(H,24,25,27)/t9-,13-,15-,18+/m1/s1. The SMILES string of the molecule is C[C@@H](NC(=O)C1=NCc2ncnc(N[C@@H]3CC[C@@H](O)[C@H]3O)c21)c1cc(F)ccc1F. The Bertz CT molecular complexity index is 1020. The molecule has 2 aromatic rings. The first kappa shape index (κ1) is 20.3. The van der Waals surface area contributed by atoms with Crippen LogP contribution >= 0.6 is 0 Å². The summed E-state index contributed by atoms with van der Waals surface area (Å²) in [6.07, 6.45) is 0.540. The summed E-state index contributed by atoms with van der Waals surface area (Å²) in [6, 6.07) is 1.83. The smallest absolute Gasteiger partial charge is 0.270 e. The van der Waals surface area contributed by atoms with Crippen LogP contribution in [0.1, 0.15) is 42.6 Å². The summed E-state index contributed by atoms with van der Waals surface area (Å²) >= 11 is 0. The summed E-state index contributed by atoms with van der Waals surface area (Å²) in [6.45, 7) is 1.72. The maximum atomic E-state index is 14.0. The van der Waals surface area contributed by atoms with Crippen molar-refractivity contribution in [1.82, 2.24) is 15.3 Å². The normalized spacial score (nSPS) is 23.6. The number of rotatable bonds is 5. The van der Waals surface area contributed by atoms with Crippen molar-refractivity contribution in [2.45, 2.75) is 50.6 Å². The van der Waals surface area contributed by atoms with Crippen LogP contribution in [0.3, 0.4) is 0 Å². The van der Waals surface area contributed by atoms with Gasteiger partial charge in [-0.2, -0.15) is 0 Å². The van der Waals surface area contributed by atoms with E-state index < -0.39 is 41.8 Å². The molecular weight excluding hydrogens is 396 g/mol. The van der Waals surface area contributed by atoms with Gasteiger partial charge in [0.25, 0.3) is 5.91 Å². The lowest BCUT2D eigenvalue weighted by molar-refractivity contribution is -0.115. The van der Waals surface area contributed by atoms with E-state index in [4.69, 9.17) is 0 Å². The molecule has 2 heterocycles. The van der Waals surface area contributed by atoms with Crippen LogP contribution in [0.25, 0.3) is 0 Å². The van der Waals surface area contributed by atoms with Gasteiger partial charge in [-0.3, -0.25) is 9.79 Å². The molecule has 1 fully saturated rings. The lowest BCUT2D eigenvalue weighted by atomic mass is 10.1. The van der Waals surface area contributed by atoms with E-state index in [1.807, 2.05) is 0 Å². The number of aliphatic hydroxyl groups is 2. The van der Waals surface area contributed by atoms with Crippen LogP contribution in [0.5, 0.6) is 0 Å². The number of anilines is 1. The highest BCUT2D eigenvalue weighted by Crippen LogP contribution is 2.28. The number of aliphatic hydroxyl groups excluding tert-OH is 2. The lowest BCUT2D eigenvalue weighted by Gasteiger charge is -2.20.